The number of ether oxygens (including phenoxy) is 1. The predicted octanol–water partition coefficient (Wildman–Crippen LogP) is 3.44. The van der Waals surface area contributed by atoms with Crippen LogP contribution in [0.3, 0.4) is 0 Å². The summed E-state index contributed by atoms with van der Waals surface area (Å²) in [7, 11) is 0. The van der Waals surface area contributed by atoms with Crippen LogP contribution in [0.25, 0.3) is 0 Å². The Labute approximate surface area is 116 Å². The van der Waals surface area contributed by atoms with Gasteiger partial charge in [-0.15, -0.1) is 0 Å². The Balaban J connectivity index is 2.29. The second-order valence-corrected chi connectivity index (χ2v) is 6.56. The maximum atomic E-state index is 6.21. The van der Waals surface area contributed by atoms with Crippen molar-refractivity contribution in [2.75, 3.05) is 17.2 Å². The molecule has 1 saturated heterocycles. The molecule has 0 bridgehead atoms. The smallest absolute Gasteiger partial charge is 0.0837 e. The third kappa shape index (κ3) is 2.86. The number of likely N-dealkylation sites (N-methyl/N-ethyl adjacent to an activating group) is 1. The van der Waals surface area contributed by atoms with Crippen molar-refractivity contribution >= 4 is 11.4 Å². The van der Waals surface area contributed by atoms with E-state index in [0.717, 1.165) is 18.7 Å². The fraction of sp³-hybridized carbons (Fsp3) is 0.625. The molecule has 0 saturated carbocycles. The van der Waals surface area contributed by atoms with Gasteiger partial charge in [0.05, 0.1) is 17.2 Å². The van der Waals surface area contributed by atoms with Crippen LogP contribution in [-0.4, -0.2) is 23.8 Å². The zero-order chi connectivity index (χ0) is 14.3. The summed E-state index contributed by atoms with van der Waals surface area (Å²) in [6.45, 7) is 11.9. The molecular weight excluding hydrogens is 236 g/mol. The Morgan fingerprint density at radius 1 is 1.21 bits per heavy atom. The van der Waals surface area contributed by atoms with Gasteiger partial charge in [-0.05, 0) is 65.3 Å². The Morgan fingerprint density at radius 2 is 1.79 bits per heavy atom. The number of nitrogen functional groups attached to an aromatic ring is 1. The first-order valence-corrected chi connectivity index (χ1v) is 7.07. The molecule has 1 fully saturated rings. The molecule has 0 aliphatic carbocycles. The molecule has 2 rings (SSSR count). The van der Waals surface area contributed by atoms with Crippen molar-refractivity contribution in [2.24, 2.45) is 0 Å². The third-order valence-corrected chi connectivity index (χ3v) is 3.97. The van der Waals surface area contributed by atoms with Gasteiger partial charge in [0.25, 0.3) is 0 Å². The molecule has 0 radical (unpaired) electrons. The van der Waals surface area contributed by atoms with Gasteiger partial charge in [0.1, 0.15) is 0 Å². The molecule has 1 aliphatic heterocycles. The van der Waals surface area contributed by atoms with E-state index in [1.807, 2.05) is 12.1 Å². The molecule has 3 nitrogen and oxygen atoms in total. The van der Waals surface area contributed by atoms with E-state index in [2.05, 4.69) is 51.7 Å². The van der Waals surface area contributed by atoms with Crippen LogP contribution in [0.15, 0.2) is 24.3 Å². The van der Waals surface area contributed by atoms with Crippen LogP contribution in [0.4, 0.5) is 11.4 Å². The Morgan fingerprint density at radius 3 is 2.21 bits per heavy atom. The van der Waals surface area contributed by atoms with E-state index in [1.54, 1.807) is 0 Å². The first-order valence-electron chi connectivity index (χ1n) is 7.07. The Kier molecular flexibility index (Phi) is 3.52. The topological polar surface area (TPSA) is 38.5 Å². The van der Waals surface area contributed by atoms with Gasteiger partial charge in [0.2, 0.25) is 0 Å². The molecule has 1 unspecified atom stereocenters. The van der Waals surface area contributed by atoms with Crippen molar-refractivity contribution in [3.8, 4) is 0 Å². The fourth-order valence-corrected chi connectivity index (χ4v) is 3.27. The number of benzene rings is 1. The van der Waals surface area contributed by atoms with Crippen molar-refractivity contribution in [2.45, 2.75) is 58.3 Å². The molecule has 0 spiro atoms. The minimum Gasteiger partial charge on any atom is -0.399 e. The summed E-state index contributed by atoms with van der Waals surface area (Å²) in [5.74, 6) is 0. The van der Waals surface area contributed by atoms with E-state index < -0.39 is 0 Å². The third-order valence-electron chi connectivity index (χ3n) is 3.97. The molecule has 1 aliphatic rings. The highest BCUT2D eigenvalue weighted by Crippen LogP contribution is 2.41. The second kappa shape index (κ2) is 4.71. The summed E-state index contributed by atoms with van der Waals surface area (Å²) >= 11 is 0. The number of nitrogens with zero attached hydrogens (tertiary/aromatic N) is 1. The fourth-order valence-electron chi connectivity index (χ4n) is 3.27. The monoisotopic (exact) mass is 262 g/mol. The SMILES string of the molecule is CCN(c1ccc(N)cc1)C1CC(C)(C)OC1(C)C. The maximum Gasteiger partial charge on any atom is 0.0837 e. The lowest BCUT2D eigenvalue weighted by molar-refractivity contribution is -0.0678. The number of hydrogen-bond acceptors (Lipinski definition) is 3. The van der Waals surface area contributed by atoms with Crippen molar-refractivity contribution < 1.29 is 4.74 Å². The van der Waals surface area contributed by atoms with E-state index >= 15 is 0 Å². The first-order chi connectivity index (χ1) is 8.75. The highest BCUT2D eigenvalue weighted by Gasteiger charge is 2.48. The second-order valence-electron chi connectivity index (χ2n) is 6.56. The minimum atomic E-state index is -0.138. The van der Waals surface area contributed by atoms with Crippen LogP contribution in [-0.2, 0) is 4.74 Å². The van der Waals surface area contributed by atoms with Crippen LogP contribution in [0.5, 0.6) is 0 Å². The lowest BCUT2D eigenvalue weighted by atomic mass is 9.92. The van der Waals surface area contributed by atoms with Gasteiger partial charge >= 0.3 is 0 Å². The summed E-state index contributed by atoms with van der Waals surface area (Å²) in [6.07, 6.45) is 1.04. The molecular formula is C16H26N2O. The Bertz CT molecular complexity index is 437. The normalized spacial score (nSPS) is 24.4. The van der Waals surface area contributed by atoms with Gasteiger partial charge < -0.3 is 15.4 Å². The van der Waals surface area contributed by atoms with Crippen LogP contribution in [0, 0.1) is 0 Å². The molecule has 1 atom stereocenters. The number of hydrogen-bond donors (Lipinski definition) is 1. The van der Waals surface area contributed by atoms with Crippen LogP contribution < -0.4 is 10.6 Å². The van der Waals surface area contributed by atoms with Gasteiger partial charge in [0.15, 0.2) is 0 Å². The molecule has 106 valence electrons. The van der Waals surface area contributed by atoms with E-state index in [1.165, 1.54) is 5.69 Å². The van der Waals surface area contributed by atoms with Crippen LogP contribution in [0.2, 0.25) is 0 Å². The summed E-state index contributed by atoms with van der Waals surface area (Å²) in [5, 5.41) is 0. The lowest BCUT2D eigenvalue weighted by Crippen LogP contribution is -2.46. The lowest BCUT2D eigenvalue weighted by Gasteiger charge is -2.37. The zero-order valence-electron chi connectivity index (χ0n) is 12.7. The quantitative estimate of drug-likeness (QED) is 0.848. The van der Waals surface area contributed by atoms with E-state index in [-0.39, 0.29) is 11.2 Å². The van der Waals surface area contributed by atoms with Gasteiger partial charge in [-0.25, -0.2) is 0 Å². The molecule has 2 N–H and O–H groups in total. The molecule has 1 aromatic rings. The molecule has 19 heavy (non-hydrogen) atoms. The number of anilines is 2. The van der Waals surface area contributed by atoms with Crippen LogP contribution in [0.1, 0.15) is 41.0 Å². The summed E-state index contributed by atoms with van der Waals surface area (Å²) in [4.78, 5) is 2.42. The van der Waals surface area contributed by atoms with Crippen LogP contribution >= 0.6 is 0 Å². The van der Waals surface area contributed by atoms with E-state index in [9.17, 15) is 0 Å². The minimum absolute atomic E-state index is 0.0601. The zero-order valence-corrected chi connectivity index (χ0v) is 12.7. The van der Waals surface area contributed by atoms with Crippen molar-refractivity contribution in [1.29, 1.82) is 0 Å². The maximum absolute atomic E-state index is 6.21. The molecule has 1 heterocycles. The van der Waals surface area contributed by atoms with Crippen molar-refractivity contribution in [3.63, 3.8) is 0 Å². The largest absolute Gasteiger partial charge is 0.399 e. The van der Waals surface area contributed by atoms with Gasteiger partial charge in [-0.2, -0.15) is 0 Å². The van der Waals surface area contributed by atoms with Crippen molar-refractivity contribution in [1.82, 2.24) is 0 Å². The highest BCUT2D eigenvalue weighted by atomic mass is 16.5. The predicted molar refractivity (Wildman–Crippen MR) is 81.5 cm³/mol. The Hall–Kier alpha value is -1.22. The number of rotatable bonds is 3. The molecule has 1 aromatic carbocycles. The van der Waals surface area contributed by atoms with E-state index in [4.69, 9.17) is 10.5 Å². The van der Waals surface area contributed by atoms with Gasteiger partial charge in [-0.3, -0.25) is 0 Å². The number of nitrogens with two attached hydrogens (primary N) is 1. The molecule has 3 heteroatoms. The first kappa shape index (κ1) is 14.2. The summed E-state index contributed by atoms with van der Waals surface area (Å²) < 4.78 is 6.21. The average molecular weight is 262 g/mol. The van der Waals surface area contributed by atoms with Crippen molar-refractivity contribution in [3.05, 3.63) is 24.3 Å². The molecule has 0 amide bonds. The van der Waals surface area contributed by atoms with Gasteiger partial charge in [-0.1, -0.05) is 0 Å². The van der Waals surface area contributed by atoms with Gasteiger partial charge in [0, 0.05) is 17.9 Å². The average Bonchev–Trinajstić information content (AvgIpc) is 2.51. The van der Waals surface area contributed by atoms with E-state index in [0.29, 0.717) is 6.04 Å². The summed E-state index contributed by atoms with van der Waals surface area (Å²) in [5.41, 5.74) is 7.60. The summed E-state index contributed by atoms with van der Waals surface area (Å²) in [6, 6.07) is 8.51. The highest BCUT2D eigenvalue weighted by molar-refractivity contribution is 5.54. The standard InChI is InChI=1S/C16H26N2O/c1-6-18(13-9-7-12(17)8-10-13)14-11-15(2,3)19-16(14,4)5/h7-10,14H,6,11,17H2,1-5H3. The molecule has 0 aromatic heterocycles.